The van der Waals surface area contributed by atoms with Gasteiger partial charge in [-0.05, 0) is 48.6 Å². The average molecular weight is 302 g/mol. The highest BCUT2D eigenvalue weighted by Gasteiger charge is 2.07. The topological polar surface area (TPSA) is 41.1 Å². The van der Waals surface area contributed by atoms with E-state index in [1.807, 2.05) is 19.1 Å². The van der Waals surface area contributed by atoms with Crippen LogP contribution in [0.2, 0.25) is 0 Å². The first-order valence-electron chi connectivity index (χ1n) is 7.26. The zero-order valence-electron chi connectivity index (χ0n) is 12.8. The fraction of sp³-hybridized carbons (Fsp3) is 0.353. The second kappa shape index (κ2) is 7.38. The van der Waals surface area contributed by atoms with Crippen molar-refractivity contribution in [1.29, 1.82) is 0 Å². The predicted octanol–water partition coefficient (Wildman–Crippen LogP) is 4.26. The molecule has 0 spiro atoms. The molecule has 0 aliphatic heterocycles. The molecule has 0 bridgehead atoms. The van der Waals surface area contributed by atoms with E-state index in [1.165, 1.54) is 16.0 Å². The molecule has 112 valence electrons. The molecule has 2 aromatic rings. The summed E-state index contributed by atoms with van der Waals surface area (Å²) in [4.78, 5) is 12.7. The molecule has 2 rings (SSSR count). The first kappa shape index (κ1) is 15.7. The van der Waals surface area contributed by atoms with Gasteiger partial charge >= 0.3 is 0 Å². The van der Waals surface area contributed by atoms with Crippen molar-refractivity contribution < 1.29 is 4.79 Å². The summed E-state index contributed by atoms with van der Waals surface area (Å²) in [7, 11) is 0. The number of hydrogen-bond donors (Lipinski definition) is 2. The number of nitrogens with one attached hydrogen (secondary N) is 2. The smallest absolute Gasteiger partial charge is 0.224 e. The Kier molecular flexibility index (Phi) is 5.53. The van der Waals surface area contributed by atoms with E-state index in [9.17, 15) is 4.79 Å². The Morgan fingerprint density at radius 3 is 2.52 bits per heavy atom. The Bertz CT molecular complexity index is 589. The molecule has 0 saturated heterocycles. The lowest BCUT2D eigenvalue weighted by molar-refractivity contribution is -0.115. The third kappa shape index (κ3) is 4.41. The largest absolute Gasteiger partial charge is 0.326 e. The van der Waals surface area contributed by atoms with Gasteiger partial charge in [0.25, 0.3) is 0 Å². The fourth-order valence-corrected chi connectivity index (χ4v) is 2.91. The molecule has 1 atom stereocenters. The van der Waals surface area contributed by atoms with Gasteiger partial charge in [-0.1, -0.05) is 19.1 Å². The van der Waals surface area contributed by atoms with Crippen molar-refractivity contribution in [2.45, 2.75) is 39.8 Å². The molecule has 0 aliphatic carbocycles. The van der Waals surface area contributed by atoms with Crippen LogP contribution in [0.5, 0.6) is 0 Å². The first-order chi connectivity index (χ1) is 10.1. The van der Waals surface area contributed by atoms with E-state index in [-0.39, 0.29) is 11.9 Å². The van der Waals surface area contributed by atoms with Gasteiger partial charge in [-0.2, -0.15) is 0 Å². The van der Waals surface area contributed by atoms with Crippen LogP contribution in [-0.2, 0) is 11.3 Å². The minimum Gasteiger partial charge on any atom is -0.326 e. The van der Waals surface area contributed by atoms with Gasteiger partial charge in [0.15, 0.2) is 0 Å². The molecular weight excluding hydrogens is 280 g/mol. The summed E-state index contributed by atoms with van der Waals surface area (Å²) in [6, 6.07) is 10.5. The van der Waals surface area contributed by atoms with Gasteiger partial charge in [-0.3, -0.25) is 4.79 Å². The van der Waals surface area contributed by atoms with Crippen molar-refractivity contribution in [2.24, 2.45) is 0 Å². The lowest BCUT2D eigenvalue weighted by atomic mass is 10.1. The molecule has 21 heavy (non-hydrogen) atoms. The summed E-state index contributed by atoms with van der Waals surface area (Å²) in [5.41, 5.74) is 3.42. The molecule has 3 nitrogen and oxygen atoms in total. The maximum Gasteiger partial charge on any atom is 0.224 e. The van der Waals surface area contributed by atoms with E-state index in [4.69, 9.17) is 0 Å². The number of rotatable bonds is 6. The number of anilines is 1. The number of hydrogen-bond acceptors (Lipinski definition) is 3. The number of amides is 1. The number of carbonyl (C=O) groups is 1. The van der Waals surface area contributed by atoms with E-state index >= 15 is 0 Å². The summed E-state index contributed by atoms with van der Waals surface area (Å²) in [6.07, 6.45) is 0.500. The van der Waals surface area contributed by atoms with Crippen LogP contribution in [0, 0.1) is 6.92 Å². The summed E-state index contributed by atoms with van der Waals surface area (Å²) < 4.78 is 0. The lowest BCUT2D eigenvalue weighted by Gasteiger charge is -2.15. The molecule has 4 heteroatoms. The van der Waals surface area contributed by atoms with E-state index in [2.05, 4.69) is 48.1 Å². The standard InChI is InChI=1S/C17H22N2OS/c1-4-17(20)19-15-7-5-14(6-8-15)13(3)18-11-16-12(2)9-10-21-16/h5-10,13,18H,4,11H2,1-3H3,(H,19,20)/t13-/m0/s1. The number of carbonyl (C=O) groups excluding carboxylic acids is 1. The highest BCUT2D eigenvalue weighted by Crippen LogP contribution is 2.19. The number of aryl methyl sites for hydroxylation is 1. The minimum atomic E-state index is 0.0436. The molecule has 1 heterocycles. The molecule has 1 aromatic carbocycles. The van der Waals surface area contributed by atoms with Gasteiger partial charge in [0.05, 0.1) is 0 Å². The monoisotopic (exact) mass is 302 g/mol. The van der Waals surface area contributed by atoms with Crippen LogP contribution in [0.15, 0.2) is 35.7 Å². The fourth-order valence-electron chi connectivity index (χ4n) is 2.05. The van der Waals surface area contributed by atoms with Crippen molar-refractivity contribution in [1.82, 2.24) is 5.32 Å². The van der Waals surface area contributed by atoms with Crippen molar-refractivity contribution in [3.05, 3.63) is 51.7 Å². The van der Waals surface area contributed by atoms with Crippen molar-refractivity contribution in [2.75, 3.05) is 5.32 Å². The normalized spacial score (nSPS) is 12.1. The zero-order valence-corrected chi connectivity index (χ0v) is 13.6. The molecule has 0 saturated carbocycles. The van der Waals surface area contributed by atoms with E-state index in [0.717, 1.165) is 12.2 Å². The molecular formula is C17H22N2OS. The van der Waals surface area contributed by atoms with Gasteiger partial charge in [-0.25, -0.2) is 0 Å². The van der Waals surface area contributed by atoms with Gasteiger partial charge in [0.1, 0.15) is 0 Å². The maximum absolute atomic E-state index is 11.3. The highest BCUT2D eigenvalue weighted by atomic mass is 32.1. The van der Waals surface area contributed by atoms with Crippen molar-refractivity contribution >= 4 is 22.9 Å². The van der Waals surface area contributed by atoms with Crippen LogP contribution >= 0.6 is 11.3 Å². The molecule has 0 fully saturated rings. The van der Waals surface area contributed by atoms with Gasteiger partial charge < -0.3 is 10.6 Å². The van der Waals surface area contributed by atoms with Crippen LogP contribution in [0.25, 0.3) is 0 Å². The van der Waals surface area contributed by atoms with Crippen LogP contribution in [0.3, 0.4) is 0 Å². The Labute approximate surface area is 130 Å². The summed E-state index contributed by atoms with van der Waals surface area (Å²) in [5, 5.41) is 8.53. The predicted molar refractivity (Wildman–Crippen MR) is 89.7 cm³/mol. The number of benzene rings is 1. The molecule has 0 aliphatic rings. The SMILES string of the molecule is CCC(=O)Nc1ccc([C@H](C)NCc2sccc2C)cc1. The molecule has 1 amide bonds. The van der Waals surface area contributed by atoms with Crippen LogP contribution in [0.1, 0.15) is 42.3 Å². The summed E-state index contributed by atoms with van der Waals surface area (Å²) in [6.45, 7) is 7.03. The second-order valence-electron chi connectivity index (χ2n) is 5.15. The van der Waals surface area contributed by atoms with Gasteiger partial charge in [0.2, 0.25) is 5.91 Å². The van der Waals surface area contributed by atoms with Gasteiger partial charge in [-0.15, -0.1) is 11.3 Å². The lowest BCUT2D eigenvalue weighted by Crippen LogP contribution is -2.18. The van der Waals surface area contributed by atoms with E-state index in [0.29, 0.717) is 6.42 Å². The Balaban J connectivity index is 1.92. The third-order valence-electron chi connectivity index (χ3n) is 3.55. The second-order valence-corrected chi connectivity index (χ2v) is 6.15. The van der Waals surface area contributed by atoms with Crippen LogP contribution < -0.4 is 10.6 Å². The van der Waals surface area contributed by atoms with Gasteiger partial charge in [0, 0.05) is 29.6 Å². The third-order valence-corrected chi connectivity index (χ3v) is 4.58. The average Bonchev–Trinajstić information content (AvgIpc) is 2.90. The minimum absolute atomic E-state index is 0.0436. The first-order valence-corrected chi connectivity index (χ1v) is 8.14. The molecule has 0 unspecified atom stereocenters. The molecule has 1 aromatic heterocycles. The summed E-state index contributed by atoms with van der Waals surface area (Å²) in [5.74, 6) is 0.0436. The maximum atomic E-state index is 11.3. The van der Waals surface area contributed by atoms with E-state index < -0.39 is 0 Å². The Morgan fingerprint density at radius 2 is 1.95 bits per heavy atom. The number of thiophene rings is 1. The van der Waals surface area contributed by atoms with Crippen molar-refractivity contribution in [3.8, 4) is 0 Å². The van der Waals surface area contributed by atoms with Crippen molar-refractivity contribution in [3.63, 3.8) is 0 Å². The van der Waals surface area contributed by atoms with Crippen LogP contribution in [0.4, 0.5) is 5.69 Å². The van der Waals surface area contributed by atoms with Crippen LogP contribution in [-0.4, -0.2) is 5.91 Å². The Morgan fingerprint density at radius 1 is 1.24 bits per heavy atom. The Hall–Kier alpha value is -1.65. The summed E-state index contributed by atoms with van der Waals surface area (Å²) >= 11 is 1.79. The zero-order chi connectivity index (χ0) is 15.2. The molecule has 0 radical (unpaired) electrons. The molecule has 2 N–H and O–H groups in total. The highest BCUT2D eigenvalue weighted by molar-refractivity contribution is 7.10. The quantitative estimate of drug-likeness (QED) is 0.837. The van der Waals surface area contributed by atoms with E-state index in [1.54, 1.807) is 11.3 Å².